The summed E-state index contributed by atoms with van der Waals surface area (Å²) in [6.45, 7) is 1.60. The van der Waals surface area contributed by atoms with Crippen molar-refractivity contribution in [1.82, 2.24) is 0 Å². The number of ketones is 1. The Balaban J connectivity index is 1.70. The zero-order chi connectivity index (χ0) is 14.2. The smallest absolute Gasteiger partial charge is 0.201 e. The predicted molar refractivity (Wildman–Crippen MR) is 75.5 cm³/mol. The lowest BCUT2D eigenvalue weighted by Crippen LogP contribution is -2.40. The van der Waals surface area contributed by atoms with Crippen molar-refractivity contribution in [3.63, 3.8) is 0 Å². The number of hydrogen-bond acceptors (Lipinski definition) is 4. The molecule has 2 atom stereocenters. The first-order valence-electron chi connectivity index (χ1n) is 6.84. The zero-order valence-corrected chi connectivity index (χ0v) is 11.2. The van der Waals surface area contributed by atoms with Gasteiger partial charge >= 0.3 is 0 Å². The van der Waals surface area contributed by atoms with Gasteiger partial charge in [0.2, 0.25) is 6.61 Å². The SMILES string of the molecule is O=C1[CH]Oc2ccccc2C1C1COc2ccccc2O1. The highest BCUT2D eigenvalue weighted by Gasteiger charge is 2.39. The van der Waals surface area contributed by atoms with Gasteiger partial charge in [0.25, 0.3) is 0 Å². The average Bonchev–Trinajstić information content (AvgIpc) is 2.54. The molecule has 0 N–H and O–H groups in total. The van der Waals surface area contributed by atoms with Crippen molar-refractivity contribution < 1.29 is 19.0 Å². The third-order valence-electron chi connectivity index (χ3n) is 3.77. The van der Waals surface area contributed by atoms with Gasteiger partial charge < -0.3 is 14.2 Å². The molecule has 4 heteroatoms. The molecule has 0 spiro atoms. The van der Waals surface area contributed by atoms with E-state index >= 15 is 0 Å². The van der Waals surface area contributed by atoms with E-state index in [1.54, 1.807) is 0 Å². The molecule has 2 aromatic carbocycles. The highest BCUT2D eigenvalue weighted by atomic mass is 16.6. The maximum Gasteiger partial charge on any atom is 0.201 e. The minimum Gasteiger partial charge on any atom is -0.486 e. The summed E-state index contributed by atoms with van der Waals surface area (Å²) in [5, 5.41) is 0. The number of ether oxygens (including phenoxy) is 3. The molecule has 0 aliphatic carbocycles. The molecule has 2 aliphatic rings. The Morgan fingerprint density at radius 1 is 0.905 bits per heavy atom. The molecule has 2 aliphatic heterocycles. The van der Waals surface area contributed by atoms with Crippen molar-refractivity contribution in [2.75, 3.05) is 6.61 Å². The van der Waals surface area contributed by atoms with Gasteiger partial charge in [-0.1, -0.05) is 30.3 Å². The number of hydrogen-bond donors (Lipinski definition) is 0. The van der Waals surface area contributed by atoms with Crippen LogP contribution in [0.15, 0.2) is 48.5 Å². The van der Waals surface area contributed by atoms with Crippen LogP contribution in [-0.2, 0) is 4.79 Å². The largest absolute Gasteiger partial charge is 0.486 e. The number of para-hydroxylation sites is 3. The van der Waals surface area contributed by atoms with E-state index in [-0.39, 0.29) is 11.9 Å². The molecule has 2 unspecified atom stereocenters. The van der Waals surface area contributed by atoms with Crippen LogP contribution in [0.5, 0.6) is 17.2 Å². The number of rotatable bonds is 1. The first kappa shape index (κ1) is 12.3. The van der Waals surface area contributed by atoms with Crippen molar-refractivity contribution in [3.8, 4) is 17.2 Å². The van der Waals surface area contributed by atoms with Crippen molar-refractivity contribution >= 4 is 5.78 Å². The number of benzene rings is 2. The Morgan fingerprint density at radius 3 is 2.48 bits per heavy atom. The van der Waals surface area contributed by atoms with Crippen LogP contribution in [0, 0.1) is 6.61 Å². The van der Waals surface area contributed by atoms with Gasteiger partial charge in [-0.05, 0) is 18.2 Å². The van der Waals surface area contributed by atoms with E-state index in [0.29, 0.717) is 23.9 Å². The highest BCUT2D eigenvalue weighted by Crippen LogP contribution is 2.40. The van der Waals surface area contributed by atoms with Gasteiger partial charge in [-0.25, -0.2) is 0 Å². The second-order valence-electron chi connectivity index (χ2n) is 5.07. The van der Waals surface area contributed by atoms with Crippen LogP contribution in [0.25, 0.3) is 0 Å². The monoisotopic (exact) mass is 281 g/mol. The second kappa shape index (κ2) is 4.81. The Morgan fingerprint density at radius 2 is 1.62 bits per heavy atom. The lowest BCUT2D eigenvalue weighted by Gasteiger charge is -2.34. The Labute approximate surface area is 122 Å². The van der Waals surface area contributed by atoms with Crippen LogP contribution < -0.4 is 14.2 Å². The minimum absolute atomic E-state index is 0.0957. The molecule has 21 heavy (non-hydrogen) atoms. The topological polar surface area (TPSA) is 44.8 Å². The van der Waals surface area contributed by atoms with Crippen LogP contribution in [0.3, 0.4) is 0 Å². The normalized spacial score (nSPS) is 23.1. The number of fused-ring (bicyclic) bond motifs is 2. The van der Waals surface area contributed by atoms with Crippen LogP contribution in [0.4, 0.5) is 0 Å². The molecule has 0 saturated carbocycles. The van der Waals surface area contributed by atoms with E-state index in [9.17, 15) is 4.79 Å². The Kier molecular flexibility index (Phi) is 2.81. The molecule has 4 rings (SSSR count). The molecular weight excluding hydrogens is 268 g/mol. The van der Waals surface area contributed by atoms with Gasteiger partial charge in [0.15, 0.2) is 17.3 Å². The van der Waals surface area contributed by atoms with E-state index in [0.717, 1.165) is 5.56 Å². The minimum atomic E-state index is -0.400. The van der Waals surface area contributed by atoms with Gasteiger partial charge in [-0.15, -0.1) is 0 Å². The molecule has 0 fully saturated rings. The molecule has 2 heterocycles. The van der Waals surface area contributed by atoms with E-state index in [1.165, 1.54) is 6.61 Å². The number of carbonyl (C=O) groups excluding carboxylic acids is 1. The van der Waals surface area contributed by atoms with E-state index in [2.05, 4.69) is 0 Å². The summed E-state index contributed by atoms with van der Waals surface area (Å²) < 4.78 is 17.1. The molecule has 0 saturated heterocycles. The Hall–Kier alpha value is -2.49. The van der Waals surface area contributed by atoms with Gasteiger partial charge in [0.05, 0.1) is 5.92 Å². The van der Waals surface area contributed by atoms with Crippen molar-refractivity contribution in [1.29, 1.82) is 0 Å². The summed E-state index contributed by atoms with van der Waals surface area (Å²) in [6.07, 6.45) is -0.353. The van der Waals surface area contributed by atoms with Crippen LogP contribution in [0.2, 0.25) is 0 Å². The first-order chi connectivity index (χ1) is 10.3. The molecule has 0 bridgehead atoms. The molecule has 2 aromatic rings. The summed E-state index contributed by atoms with van der Waals surface area (Å²) in [4.78, 5) is 12.3. The molecule has 0 aromatic heterocycles. The summed E-state index contributed by atoms with van der Waals surface area (Å²) in [5.41, 5.74) is 0.845. The summed E-state index contributed by atoms with van der Waals surface area (Å²) in [6, 6.07) is 15.0. The van der Waals surface area contributed by atoms with Crippen molar-refractivity contribution in [2.45, 2.75) is 12.0 Å². The fraction of sp³-hybridized carbons (Fsp3) is 0.176. The summed E-state index contributed by atoms with van der Waals surface area (Å²) in [5.74, 6) is 1.59. The third kappa shape index (κ3) is 2.03. The predicted octanol–water partition coefficient (Wildman–Crippen LogP) is 2.73. The Bertz CT molecular complexity index is 695. The van der Waals surface area contributed by atoms with Gasteiger partial charge in [0.1, 0.15) is 18.5 Å². The highest BCUT2D eigenvalue weighted by molar-refractivity contribution is 5.94. The summed E-state index contributed by atoms with van der Waals surface area (Å²) >= 11 is 0. The van der Waals surface area contributed by atoms with Gasteiger partial charge in [0, 0.05) is 5.56 Å². The lowest BCUT2D eigenvalue weighted by molar-refractivity contribution is -0.123. The zero-order valence-electron chi connectivity index (χ0n) is 11.2. The summed E-state index contributed by atoms with van der Waals surface area (Å²) in [7, 11) is 0. The van der Waals surface area contributed by atoms with Crippen LogP contribution in [-0.4, -0.2) is 18.5 Å². The standard InChI is InChI=1S/C17H13O4/c18-12-9-19-13-6-2-1-5-11(13)17(12)16-10-20-14-7-3-4-8-15(14)21-16/h1-9,16-17H,10H2. The lowest BCUT2D eigenvalue weighted by atomic mass is 9.87. The van der Waals surface area contributed by atoms with Crippen LogP contribution >= 0.6 is 0 Å². The maximum absolute atomic E-state index is 12.3. The quantitative estimate of drug-likeness (QED) is 0.806. The van der Waals surface area contributed by atoms with E-state index in [1.807, 2.05) is 48.5 Å². The average molecular weight is 281 g/mol. The maximum atomic E-state index is 12.3. The molecular formula is C17H13O4. The molecule has 4 nitrogen and oxygen atoms in total. The number of Topliss-reactive ketones (excluding diaryl/α,β-unsaturated/α-hetero) is 1. The second-order valence-corrected chi connectivity index (χ2v) is 5.07. The van der Waals surface area contributed by atoms with Crippen LogP contribution in [0.1, 0.15) is 11.5 Å². The fourth-order valence-corrected chi connectivity index (χ4v) is 2.78. The fourth-order valence-electron chi connectivity index (χ4n) is 2.78. The van der Waals surface area contributed by atoms with Gasteiger partial charge in [-0.3, -0.25) is 4.79 Å². The first-order valence-corrected chi connectivity index (χ1v) is 6.84. The van der Waals surface area contributed by atoms with Crippen molar-refractivity contribution in [2.24, 2.45) is 0 Å². The molecule has 0 amide bonds. The third-order valence-corrected chi connectivity index (χ3v) is 3.77. The molecule has 105 valence electrons. The van der Waals surface area contributed by atoms with E-state index < -0.39 is 5.92 Å². The van der Waals surface area contributed by atoms with Crippen molar-refractivity contribution in [3.05, 3.63) is 60.7 Å². The van der Waals surface area contributed by atoms with Gasteiger partial charge in [-0.2, -0.15) is 0 Å². The number of carbonyl (C=O) groups is 1. The molecule has 1 radical (unpaired) electrons. The van der Waals surface area contributed by atoms with E-state index in [4.69, 9.17) is 14.2 Å².